The van der Waals surface area contributed by atoms with Crippen molar-refractivity contribution in [3.05, 3.63) is 35.4 Å². The summed E-state index contributed by atoms with van der Waals surface area (Å²) in [6.07, 6.45) is 1.12. The molecule has 0 aromatic heterocycles. The van der Waals surface area contributed by atoms with Crippen LogP contribution in [0.3, 0.4) is 0 Å². The number of nitrogens with one attached hydrogen (secondary N) is 1. The zero-order valence-corrected chi connectivity index (χ0v) is 12.4. The lowest BCUT2D eigenvalue weighted by Gasteiger charge is -2.19. The van der Waals surface area contributed by atoms with Crippen LogP contribution in [0.4, 0.5) is 0 Å². The molecule has 0 radical (unpaired) electrons. The average Bonchev–Trinajstić information content (AvgIpc) is 2.30. The summed E-state index contributed by atoms with van der Waals surface area (Å²) in [5.74, 6) is 0.731. The number of nitrogens with zero attached hydrogens (tertiary/aromatic N) is 1. The molecule has 0 saturated heterocycles. The molecule has 0 heterocycles. The highest BCUT2D eigenvalue weighted by atomic mass is 15.1. The molecule has 0 bridgehead atoms. The fraction of sp³-hybridized carbons (Fsp3) is 0.625. The first-order chi connectivity index (χ1) is 8.61. The highest BCUT2D eigenvalue weighted by molar-refractivity contribution is 5.22. The molecule has 2 heteroatoms. The zero-order valence-electron chi connectivity index (χ0n) is 12.4. The normalized spacial score (nSPS) is 11.4. The van der Waals surface area contributed by atoms with Gasteiger partial charge in [-0.1, -0.05) is 45.0 Å². The molecule has 0 unspecified atom stereocenters. The molecule has 0 aliphatic carbocycles. The smallest absolute Gasteiger partial charge is 0.0230 e. The molecule has 2 nitrogen and oxygen atoms in total. The molecule has 0 fully saturated rings. The molecule has 0 amide bonds. The van der Waals surface area contributed by atoms with E-state index >= 15 is 0 Å². The third-order valence-corrected chi connectivity index (χ3v) is 2.99. The van der Waals surface area contributed by atoms with Gasteiger partial charge in [0.25, 0.3) is 0 Å². The molecular formula is C16H30N2. The van der Waals surface area contributed by atoms with Crippen LogP contribution < -0.4 is 5.32 Å². The number of rotatable bonds is 8. The lowest BCUT2D eigenvalue weighted by molar-refractivity contribution is 0.288. The van der Waals surface area contributed by atoms with Crippen LogP contribution in [0.2, 0.25) is 0 Å². The summed E-state index contributed by atoms with van der Waals surface area (Å²) in [6, 6.07) is 9.04. The third-order valence-electron chi connectivity index (χ3n) is 2.99. The van der Waals surface area contributed by atoms with E-state index in [-0.39, 0.29) is 1.43 Å². The van der Waals surface area contributed by atoms with Gasteiger partial charge in [0.05, 0.1) is 0 Å². The molecule has 1 rings (SSSR count). The van der Waals surface area contributed by atoms with Gasteiger partial charge < -0.3 is 10.2 Å². The number of benzene rings is 1. The highest BCUT2D eigenvalue weighted by Gasteiger charge is 2.03. The van der Waals surface area contributed by atoms with Crippen LogP contribution in [0.25, 0.3) is 0 Å². The third kappa shape index (κ3) is 6.18. The maximum absolute atomic E-state index is 3.36. The molecule has 0 spiro atoms. The second-order valence-electron chi connectivity index (χ2n) is 5.51. The van der Waals surface area contributed by atoms with Gasteiger partial charge in [0.1, 0.15) is 0 Å². The van der Waals surface area contributed by atoms with Crippen LogP contribution in [-0.2, 0) is 13.0 Å². The van der Waals surface area contributed by atoms with Crippen molar-refractivity contribution in [1.29, 1.82) is 0 Å². The van der Waals surface area contributed by atoms with Crippen LogP contribution in [0.5, 0.6) is 0 Å². The molecule has 0 atom stereocenters. The van der Waals surface area contributed by atoms with E-state index in [1.54, 1.807) is 0 Å². The van der Waals surface area contributed by atoms with Crippen molar-refractivity contribution >= 4 is 0 Å². The van der Waals surface area contributed by atoms with Crippen LogP contribution in [-0.4, -0.2) is 31.6 Å². The summed E-state index contributed by atoms with van der Waals surface area (Å²) < 4.78 is 0. The van der Waals surface area contributed by atoms with Crippen molar-refractivity contribution in [3.63, 3.8) is 0 Å². The molecule has 104 valence electrons. The summed E-state index contributed by atoms with van der Waals surface area (Å²) in [5.41, 5.74) is 2.83. The first-order valence-corrected chi connectivity index (χ1v) is 7.09. The number of hydrogen-bond donors (Lipinski definition) is 1. The minimum absolute atomic E-state index is 0. The van der Waals surface area contributed by atoms with E-state index in [0.29, 0.717) is 0 Å². The highest BCUT2D eigenvalue weighted by Crippen LogP contribution is 2.08. The Hall–Kier alpha value is -0.860. The van der Waals surface area contributed by atoms with E-state index in [1.807, 2.05) is 0 Å². The summed E-state index contributed by atoms with van der Waals surface area (Å²) in [4.78, 5) is 2.39. The first kappa shape index (κ1) is 15.2. The minimum atomic E-state index is 0. The number of hydrogen-bond acceptors (Lipinski definition) is 2. The summed E-state index contributed by atoms with van der Waals surface area (Å²) in [5, 5.41) is 3.36. The van der Waals surface area contributed by atoms with E-state index in [1.165, 1.54) is 11.1 Å². The molecule has 1 N–H and O–H groups in total. The Morgan fingerprint density at radius 2 is 1.78 bits per heavy atom. The van der Waals surface area contributed by atoms with Crippen LogP contribution in [0.15, 0.2) is 24.3 Å². The van der Waals surface area contributed by atoms with Crippen molar-refractivity contribution in [2.75, 3.05) is 26.7 Å². The van der Waals surface area contributed by atoms with Crippen molar-refractivity contribution in [1.82, 2.24) is 10.2 Å². The Labute approximate surface area is 114 Å². The maximum Gasteiger partial charge on any atom is 0.0230 e. The Balaban J connectivity index is 0.00000324. The Morgan fingerprint density at radius 1 is 1.17 bits per heavy atom. The van der Waals surface area contributed by atoms with Crippen molar-refractivity contribution < 1.29 is 1.43 Å². The molecular weight excluding hydrogens is 220 g/mol. The standard InChI is InChI=1S/C16H28N2.H2/c1-5-17-11-10-15-6-8-16(9-7-15)13-18(4)12-14(2)3;/h6-9,14,17H,5,10-13H2,1-4H3;1H. The fourth-order valence-corrected chi connectivity index (χ4v) is 2.22. The Kier molecular flexibility index (Phi) is 6.99. The van der Waals surface area contributed by atoms with E-state index in [9.17, 15) is 0 Å². The Morgan fingerprint density at radius 3 is 2.33 bits per heavy atom. The second-order valence-corrected chi connectivity index (χ2v) is 5.51. The maximum atomic E-state index is 3.36. The zero-order chi connectivity index (χ0) is 13.4. The topological polar surface area (TPSA) is 15.3 Å². The molecule has 0 aliphatic rings. The monoisotopic (exact) mass is 250 g/mol. The largest absolute Gasteiger partial charge is 0.317 e. The van der Waals surface area contributed by atoms with Crippen LogP contribution in [0.1, 0.15) is 33.3 Å². The predicted octanol–water partition coefficient (Wildman–Crippen LogP) is 3.17. The van der Waals surface area contributed by atoms with E-state index in [2.05, 4.69) is 62.3 Å². The van der Waals surface area contributed by atoms with Gasteiger partial charge in [-0.25, -0.2) is 0 Å². The van der Waals surface area contributed by atoms with Gasteiger partial charge >= 0.3 is 0 Å². The molecule has 1 aromatic rings. The Bertz CT molecular complexity index is 322. The van der Waals surface area contributed by atoms with Crippen molar-refractivity contribution in [3.8, 4) is 0 Å². The van der Waals surface area contributed by atoms with Crippen LogP contribution >= 0.6 is 0 Å². The molecule has 0 aliphatic heterocycles. The van der Waals surface area contributed by atoms with Gasteiger partial charge in [0, 0.05) is 14.5 Å². The average molecular weight is 250 g/mol. The van der Waals surface area contributed by atoms with Gasteiger partial charge in [-0.2, -0.15) is 0 Å². The van der Waals surface area contributed by atoms with Crippen LogP contribution in [0, 0.1) is 5.92 Å². The van der Waals surface area contributed by atoms with E-state index in [4.69, 9.17) is 0 Å². The van der Waals surface area contributed by atoms with Gasteiger partial charge in [-0.05, 0) is 43.6 Å². The fourth-order valence-electron chi connectivity index (χ4n) is 2.22. The molecule has 18 heavy (non-hydrogen) atoms. The van der Waals surface area contributed by atoms with Gasteiger partial charge in [-0.3, -0.25) is 0 Å². The van der Waals surface area contributed by atoms with Crippen molar-refractivity contribution in [2.45, 2.75) is 33.7 Å². The minimum Gasteiger partial charge on any atom is -0.317 e. The summed E-state index contributed by atoms with van der Waals surface area (Å²) in [7, 11) is 2.19. The van der Waals surface area contributed by atoms with E-state index in [0.717, 1.165) is 38.5 Å². The lowest BCUT2D eigenvalue weighted by Crippen LogP contribution is -2.22. The van der Waals surface area contributed by atoms with Gasteiger partial charge in [0.15, 0.2) is 0 Å². The first-order valence-electron chi connectivity index (χ1n) is 7.09. The quantitative estimate of drug-likeness (QED) is 0.713. The van der Waals surface area contributed by atoms with Crippen molar-refractivity contribution in [2.24, 2.45) is 5.92 Å². The molecule has 1 aromatic carbocycles. The molecule has 0 saturated carbocycles. The second kappa shape index (κ2) is 8.28. The summed E-state index contributed by atoms with van der Waals surface area (Å²) in [6.45, 7) is 11.0. The van der Waals surface area contributed by atoms with Gasteiger partial charge in [-0.15, -0.1) is 0 Å². The summed E-state index contributed by atoms with van der Waals surface area (Å²) >= 11 is 0. The van der Waals surface area contributed by atoms with Gasteiger partial charge in [0.2, 0.25) is 0 Å². The SMILES string of the molecule is CCNCCc1ccc(CN(C)CC(C)C)cc1.[HH]. The lowest BCUT2D eigenvalue weighted by atomic mass is 10.1. The van der Waals surface area contributed by atoms with E-state index < -0.39 is 0 Å². The number of likely N-dealkylation sites (N-methyl/N-ethyl adjacent to an activating group) is 1. The predicted molar refractivity (Wildman–Crippen MR) is 82.0 cm³/mol.